The van der Waals surface area contributed by atoms with Crippen molar-refractivity contribution < 1.29 is 0 Å². The summed E-state index contributed by atoms with van der Waals surface area (Å²) in [4.78, 5) is 7.92. The van der Waals surface area contributed by atoms with Crippen LogP contribution in [-0.2, 0) is 13.0 Å². The summed E-state index contributed by atoms with van der Waals surface area (Å²) in [5.41, 5.74) is 2.47. The lowest BCUT2D eigenvalue weighted by molar-refractivity contribution is 0.600. The molecule has 1 aromatic heterocycles. The molecule has 0 aliphatic carbocycles. The molecule has 0 fully saturated rings. The lowest BCUT2D eigenvalue weighted by Gasteiger charge is -2.19. The van der Waals surface area contributed by atoms with E-state index in [1.54, 1.807) is 0 Å². The summed E-state index contributed by atoms with van der Waals surface area (Å²) in [6, 6.07) is 0. The first-order chi connectivity index (χ1) is 7.22. The fraction of sp³-hybridized carbons (Fsp3) is 0.636. The molecule has 2 N–H and O–H groups in total. The molecule has 2 rings (SSSR count). The Hall–Kier alpha value is -0.740. The number of rotatable bonds is 2. The lowest BCUT2D eigenvalue weighted by atomic mass is 10.1. The van der Waals surface area contributed by atoms with Crippen LogP contribution in [0.4, 0.5) is 0 Å². The van der Waals surface area contributed by atoms with Crippen LogP contribution in [0.15, 0.2) is 0 Å². The first-order valence-electron chi connectivity index (χ1n) is 5.55. The number of nitrogens with zero attached hydrogens (tertiary/aromatic N) is 1. The summed E-state index contributed by atoms with van der Waals surface area (Å²) < 4.78 is 0.770. The van der Waals surface area contributed by atoms with Gasteiger partial charge in [-0.25, -0.2) is 4.98 Å². The van der Waals surface area contributed by atoms with Crippen LogP contribution in [0.1, 0.15) is 43.3 Å². The molecular weight excluding hydrogens is 206 g/mol. The minimum atomic E-state index is 0.465. The molecule has 0 saturated heterocycles. The minimum absolute atomic E-state index is 0.465. The highest BCUT2D eigenvalue weighted by atomic mass is 32.1. The monoisotopic (exact) mass is 223 g/mol. The van der Waals surface area contributed by atoms with Crippen LogP contribution in [0, 0.1) is 4.64 Å². The zero-order chi connectivity index (χ0) is 10.8. The average Bonchev–Trinajstić information content (AvgIpc) is 2.28. The Morgan fingerprint density at radius 3 is 3.07 bits per heavy atom. The highest BCUT2D eigenvalue weighted by molar-refractivity contribution is 7.71. The standard InChI is InChI=1S/C11H17N3S/c1-3-7(2)10-13-9-4-5-12-6-8(9)11(15)14-10/h7,12H,3-6H2,1-2H3,(H,13,14,15). The summed E-state index contributed by atoms with van der Waals surface area (Å²) in [5.74, 6) is 1.51. The second-order valence-corrected chi connectivity index (χ2v) is 4.51. The summed E-state index contributed by atoms with van der Waals surface area (Å²) >= 11 is 5.32. The van der Waals surface area contributed by atoms with E-state index in [1.165, 1.54) is 11.3 Å². The first-order valence-corrected chi connectivity index (χ1v) is 5.96. The van der Waals surface area contributed by atoms with Gasteiger partial charge in [0.05, 0.1) is 0 Å². The zero-order valence-electron chi connectivity index (χ0n) is 9.26. The molecular formula is C11H17N3S. The average molecular weight is 223 g/mol. The molecule has 0 amide bonds. The zero-order valence-corrected chi connectivity index (χ0v) is 10.1. The second-order valence-electron chi connectivity index (χ2n) is 4.12. The maximum atomic E-state index is 5.32. The van der Waals surface area contributed by atoms with Gasteiger partial charge in [-0.3, -0.25) is 0 Å². The van der Waals surface area contributed by atoms with Gasteiger partial charge in [-0.1, -0.05) is 26.1 Å². The van der Waals surface area contributed by atoms with Gasteiger partial charge >= 0.3 is 0 Å². The van der Waals surface area contributed by atoms with E-state index in [0.717, 1.165) is 36.4 Å². The Bertz CT molecular complexity index is 411. The molecule has 1 aliphatic heterocycles. The Morgan fingerprint density at radius 2 is 2.33 bits per heavy atom. The third-order valence-electron chi connectivity index (χ3n) is 3.06. The smallest absolute Gasteiger partial charge is 0.134 e. The normalized spacial score (nSPS) is 17.2. The molecule has 0 radical (unpaired) electrons. The Kier molecular flexibility index (Phi) is 3.17. The largest absolute Gasteiger partial charge is 0.347 e. The number of hydrogen-bond acceptors (Lipinski definition) is 3. The van der Waals surface area contributed by atoms with E-state index in [0.29, 0.717) is 5.92 Å². The van der Waals surface area contributed by atoms with Crippen LogP contribution < -0.4 is 5.32 Å². The SMILES string of the molecule is CCC(C)c1nc(=S)c2c([nH]1)CCNC2. The van der Waals surface area contributed by atoms with Crippen LogP contribution in [0.2, 0.25) is 0 Å². The predicted octanol–water partition coefficient (Wildman–Crippen LogP) is 2.30. The van der Waals surface area contributed by atoms with Gasteiger partial charge in [0.25, 0.3) is 0 Å². The van der Waals surface area contributed by atoms with E-state index in [-0.39, 0.29) is 0 Å². The molecule has 1 aromatic rings. The second kappa shape index (κ2) is 4.41. The number of aromatic amines is 1. The molecule has 2 heterocycles. The van der Waals surface area contributed by atoms with Gasteiger partial charge in [-0.2, -0.15) is 0 Å². The number of nitrogens with one attached hydrogen (secondary N) is 2. The molecule has 0 saturated carbocycles. The number of H-pyrrole nitrogens is 1. The first kappa shape index (κ1) is 10.8. The quantitative estimate of drug-likeness (QED) is 0.756. The van der Waals surface area contributed by atoms with Crippen LogP contribution >= 0.6 is 12.2 Å². The highest BCUT2D eigenvalue weighted by Gasteiger charge is 2.14. The van der Waals surface area contributed by atoms with E-state index in [4.69, 9.17) is 12.2 Å². The van der Waals surface area contributed by atoms with E-state index in [1.807, 2.05) is 0 Å². The van der Waals surface area contributed by atoms with Gasteiger partial charge < -0.3 is 10.3 Å². The maximum Gasteiger partial charge on any atom is 0.134 e. The number of hydrogen-bond donors (Lipinski definition) is 2. The van der Waals surface area contributed by atoms with Gasteiger partial charge in [-0.15, -0.1) is 0 Å². The summed E-state index contributed by atoms with van der Waals surface area (Å²) in [5, 5.41) is 3.32. The van der Waals surface area contributed by atoms with Crippen molar-refractivity contribution in [2.75, 3.05) is 6.54 Å². The third kappa shape index (κ3) is 2.11. The van der Waals surface area contributed by atoms with Crippen molar-refractivity contribution in [2.24, 2.45) is 0 Å². The van der Waals surface area contributed by atoms with E-state index in [2.05, 4.69) is 29.1 Å². The number of aromatic nitrogens is 2. The summed E-state index contributed by atoms with van der Waals surface area (Å²) in [7, 11) is 0. The molecule has 0 spiro atoms. The molecule has 1 aliphatic rings. The van der Waals surface area contributed by atoms with Crippen molar-refractivity contribution in [3.63, 3.8) is 0 Å². The molecule has 1 unspecified atom stereocenters. The van der Waals surface area contributed by atoms with Crippen molar-refractivity contribution in [1.82, 2.24) is 15.3 Å². The third-order valence-corrected chi connectivity index (χ3v) is 3.39. The van der Waals surface area contributed by atoms with Gasteiger partial charge in [0.1, 0.15) is 10.5 Å². The maximum absolute atomic E-state index is 5.32. The van der Waals surface area contributed by atoms with Crippen LogP contribution in [-0.4, -0.2) is 16.5 Å². The topological polar surface area (TPSA) is 40.7 Å². The van der Waals surface area contributed by atoms with Crippen LogP contribution in [0.3, 0.4) is 0 Å². The Balaban J connectivity index is 2.45. The molecule has 0 bridgehead atoms. The van der Waals surface area contributed by atoms with Crippen molar-refractivity contribution in [1.29, 1.82) is 0 Å². The Morgan fingerprint density at radius 1 is 1.53 bits per heavy atom. The van der Waals surface area contributed by atoms with E-state index >= 15 is 0 Å². The van der Waals surface area contributed by atoms with Crippen LogP contribution in [0.5, 0.6) is 0 Å². The molecule has 82 valence electrons. The van der Waals surface area contributed by atoms with E-state index < -0.39 is 0 Å². The van der Waals surface area contributed by atoms with E-state index in [9.17, 15) is 0 Å². The van der Waals surface area contributed by atoms with Gasteiger partial charge in [-0.05, 0) is 6.42 Å². The van der Waals surface area contributed by atoms with Gasteiger partial charge in [0.2, 0.25) is 0 Å². The molecule has 4 heteroatoms. The molecule has 15 heavy (non-hydrogen) atoms. The summed E-state index contributed by atoms with van der Waals surface area (Å²) in [6.07, 6.45) is 2.13. The molecule has 0 aromatic carbocycles. The predicted molar refractivity (Wildman–Crippen MR) is 63.5 cm³/mol. The fourth-order valence-electron chi connectivity index (χ4n) is 1.81. The van der Waals surface area contributed by atoms with Crippen molar-refractivity contribution >= 4 is 12.2 Å². The lowest BCUT2D eigenvalue weighted by Crippen LogP contribution is -2.26. The van der Waals surface area contributed by atoms with Crippen LogP contribution in [0.25, 0.3) is 0 Å². The number of fused-ring (bicyclic) bond motifs is 1. The molecule has 3 nitrogen and oxygen atoms in total. The Labute approximate surface area is 95.3 Å². The van der Waals surface area contributed by atoms with Crippen molar-refractivity contribution in [2.45, 2.75) is 39.2 Å². The highest BCUT2D eigenvalue weighted by Crippen LogP contribution is 2.18. The molecule has 1 atom stereocenters. The summed E-state index contributed by atoms with van der Waals surface area (Å²) in [6.45, 7) is 6.24. The van der Waals surface area contributed by atoms with Gasteiger partial charge in [0.15, 0.2) is 0 Å². The van der Waals surface area contributed by atoms with Crippen molar-refractivity contribution in [3.05, 3.63) is 21.7 Å². The minimum Gasteiger partial charge on any atom is -0.347 e. The van der Waals surface area contributed by atoms with Gasteiger partial charge in [0, 0.05) is 36.7 Å². The van der Waals surface area contributed by atoms with Crippen molar-refractivity contribution in [3.8, 4) is 0 Å². The fourth-order valence-corrected chi connectivity index (χ4v) is 2.11.